The van der Waals surface area contributed by atoms with E-state index >= 15 is 0 Å². The molecule has 12 heteroatoms. The van der Waals surface area contributed by atoms with E-state index in [-0.39, 0.29) is 29.4 Å². The highest BCUT2D eigenvalue weighted by atomic mass is 19.4. The van der Waals surface area contributed by atoms with E-state index < -0.39 is 42.3 Å². The van der Waals surface area contributed by atoms with Crippen LogP contribution in [-0.4, -0.2) is 43.2 Å². The minimum Gasteiger partial charge on any atom is -0.462 e. The number of carbonyl (C=O) groups excluding carboxylic acids is 4. The minimum absolute atomic E-state index is 0.0236. The number of furan rings is 1. The molecule has 1 N–H and O–H groups in total. The van der Waals surface area contributed by atoms with Gasteiger partial charge >= 0.3 is 18.3 Å². The number of carbonyl (C=O) groups is 4. The molecule has 0 saturated heterocycles. The predicted molar refractivity (Wildman–Crippen MR) is 111 cm³/mol. The lowest BCUT2D eigenvalue weighted by Crippen LogP contribution is -2.21. The van der Waals surface area contributed by atoms with Gasteiger partial charge < -0.3 is 18.6 Å². The van der Waals surface area contributed by atoms with Crippen LogP contribution in [0.1, 0.15) is 45.9 Å². The molecule has 0 radical (unpaired) electrons. The molecule has 34 heavy (non-hydrogen) atoms. The van der Waals surface area contributed by atoms with E-state index in [9.17, 15) is 32.3 Å². The van der Waals surface area contributed by atoms with E-state index in [1.807, 2.05) is 0 Å². The maximum absolute atomic E-state index is 12.2. The van der Waals surface area contributed by atoms with Gasteiger partial charge in [-0.2, -0.15) is 0 Å². The Morgan fingerprint density at radius 2 is 1.71 bits per heavy atom. The summed E-state index contributed by atoms with van der Waals surface area (Å²) >= 11 is 0. The highest BCUT2D eigenvalue weighted by molar-refractivity contribution is 6.10. The Morgan fingerprint density at radius 3 is 2.26 bits per heavy atom. The third-order valence-electron chi connectivity index (χ3n) is 4.04. The highest BCUT2D eigenvalue weighted by Gasteiger charge is 2.31. The molecule has 1 amide bonds. The van der Waals surface area contributed by atoms with E-state index in [1.54, 1.807) is 6.92 Å². The average molecular weight is 483 g/mol. The van der Waals surface area contributed by atoms with Gasteiger partial charge in [0.15, 0.2) is 12.4 Å². The number of nitrogens with one attached hydrogen (secondary N) is 1. The van der Waals surface area contributed by atoms with Crippen molar-refractivity contribution in [3.63, 3.8) is 0 Å². The molecule has 0 aliphatic carbocycles. The molecule has 0 bridgehead atoms. The normalized spacial score (nSPS) is 11.2. The van der Waals surface area contributed by atoms with Crippen LogP contribution in [0.3, 0.4) is 0 Å². The van der Waals surface area contributed by atoms with Gasteiger partial charge in [-0.15, -0.1) is 13.2 Å². The Hall–Kier alpha value is -4.09. The zero-order valence-corrected chi connectivity index (χ0v) is 18.3. The fourth-order valence-electron chi connectivity index (χ4n) is 2.75. The van der Waals surface area contributed by atoms with Crippen LogP contribution >= 0.6 is 0 Å². The molecular formula is C22H20F3NO8. The Kier molecular flexibility index (Phi) is 8.59. The van der Waals surface area contributed by atoms with Crippen molar-refractivity contribution in [3.8, 4) is 5.75 Å². The molecule has 0 fully saturated rings. The van der Waals surface area contributed by atoms with E-state index in [1.165, 1.54) is 32.1 Å². The van der Waals surface area contributed by atoms with Gasteiger partial charge in [-0.25, -0.2) is 9.59 Å². The smallest absolute Gasteiger partial charge is 0.462 e. The number of hydrogen-bond acceptors (Lipinski definition) is 8. The molecule has 182 valence electrons. The molecule has 0 spiro atoms. The number of amides is 1. The highest BCUT2D eigenvalue weighted by Crippen LogP contribution is 2.28. The monoisotopic (exact) mass is 483 g/mol. The Morgan fingerprint density at radius 1 is 1.06 bits per heavy atom. The third-order valence-corrected chi connectivity index (χ3v) is 4.04. The Bertz CT molecular complexity index is 1100. The summed E-state index contributed by atoms with van der Waals surface area (Å²) < 4.78 is 55.2. The number of benzene rings is 1. The zero-order chi connectivity index (χ0) is 25.5. The Labute approximate surface area is 191 Å². The lowest BCUT2D eigenvalue weighted by atomic mass is 10.1. The summed E-state index contributed by atoms with van der Waals surface area (Å²) in [7, 11) is 0. The Balaban J connectivity index is 1.97. The lowest BCUT2D eigenvalue weighted by Gasteiger charge is -2.08. The maximum Gasteiger partial charge on any atom is 0.573 e. The topological polar surface area (TPSA) is 121 Å². The number of halogens is 3. The van der Waals surface area contributed by atoms with Gasteiger partial charge in [-0.05, 0) is 44.5 Å². The van der Waals surface area contributed by atoms with Gasteiger partial charge in [0, 0.05) is 6.08 Å². The molecule has 0 aliphatic heterocycles. The van der Waals surface area contributed by atoms with Gasteiger partial charge in [-0.1, -0.05) is 12.1 Å². The van der Waals surface area contributed by atoms with Gasteiger partial charge in [0.2, 0.25) is 5.88 Å². The molecule has 0 atom stereocenters. The average Bonchev–Trinajstić information content (AvgIpc) is 3.06. The second-order valence-electron chi connectivity index (χ2n) is 6.62. The number of ether oxygens (including phenoxy) is 3. The summed E-state index contributed by atoms with van der Waals surface area (Å²) in [5.74, 6) is -3.77. The van der Waals surface area contributed by atoms with Crippen molar-refractivity contribution in [3.05, 3.63) is 52.8 Å². The maximum atomic E-state index is 12.2. The van der Waals surface area contributed by atoms with Crippen molar-refractivity contribution >= 4 is 35.6 Å². The summed E-state index contributed by atoms with van der Waals surface area (Å²) in [4.78, 5) is 48.1. The molecule has 0 unspecified atom stereocenters. The quantitative estimate of drug-likeness (QED) is 0.322. The van der Waals surface area contributed by atoms with Crippen molar-refractivity contribution in [1.29, 1.82) is 0 Å². The number of rotatable bonds is 9. The van der Waals surface area contributed by atoms with Crippen molar-refractivity contribution in [1.82, 2.24) is 0 Å². The first-order chi connectivity index (χ1) is 15.9. The fourth-order valence-corrected chi connectivity index (χ4v) is 2.75. The largest absolute Gasteiger partial charge is 0.573 e. The van der Waals surface area contributed by atoms with E-state index in [0.29, 0.717) is 5.56 Å². The lowest BCUT2D eigenvalue weighted by molar-refractivity contribution is -0.274. The van der Waals surface area contributed by atoms with E-state index in [4.69, 9.17) is 13.9 Å². The number of alkyl halides is 3. The second kappa shape index (κ2) is 11.2. The third kappa shape index (κ3) is 7.50. The van der Waals surface area contributed by atoms with Crippen molar-refractivity contribution in [2.45, 2.75) is 27.1 Å². The molecular weight excluding hydrogens is 463 g/mol. The van der Waals surface area contributed by atoms with Crippen LogP contribution in [0.4, 0.5) is 19.1 Å². The molecule has 0 aliphatic rings. The van der Waals surface area contributed by atoms with Crippen LogP contribution < -0.4 is 10.1 Å². The van der Waals surface area contributed by atoms with Crippen LogP contribution in [0, 0.1) is 6.92 Å². The second-order valence-corrected chi connectivity index (χ2v) is 6.62. The first kappa shape index (κ1) is 26.2. The predicted octanol–water partition coefficient (Wildman–Crippen LogP) is 4.06. The molecule has 0 saturated carbocycles. The van der Waals surface area contributed by atoms with E-state index in [2.05, 4.69) is 10.1 Å². The number of hydrogen-bond donors (Lipinski definition) is 1. The van der Waals surface area contributed by atoms with Crippen LogP contribution in [-0.2, 0) is 19.1 Å². The SMILES string of the molecule is CCOC(=O)c1c(NC(=O)COC(=O)/C=C/c2ccc(OC(F)(F)F)cc2)oc(C)c1C(C)=O. The molecule has 2 aromatic rings. The molecule has 1 heterocycles. The number of aryl methyl sites for hydroxylation is 1. The molecule has 1 aromatic carbocycles. The minimum atomic E-state index is -4.82. The summed E-state index contributed by atoms with van der Waals surface area (Å²) in [6.45, 7) is 3.49. The van der Waals surface area contributed by atoms with Crippen LogP contribution in [0.5, 0.6) is 5.75 Å². The molecule has 1 aromatic heterocycles. The summed E-state index contributed by atoms with van der Waals surface area (Å²) in [5.41, 5.74) is 0.0857. The van der Waals surface area contributed by atoms with Gasteiger partial charge in [0.1, 0.15) is 17.1 Å². The first-order valence-electron chi connectivity index (χ1n) is 9.73. The van der Waals surface area contributed by atoms with Crippen molar-refractivity contribution in [2.24, 2.45) is 0 Å². The summed E-state index contributed by atoms with van der Waals surface area (Å²) in [5, 5.41) is 2.25. The molecule has 2 rings (SSSR count). The summed E-state index contributed by atoms with van der Waals surface area (Å²) in [6, 6.07) is 4.68. The van der Waals surface area contributed by atoms with Crippen molar-refractivity contribution < 1.29 is 51.0 Å². The standard InChI is InChI=1S/C22H20F3NO8/c1-4-31-21(30)19-18(12(2)27)13(3)33-20(19)26-16(28)11-32-17(29)10-7-14-5-8-15(9-6-14)34-22(23,24)25/h5-10H,4,11H2,1-3H3,(H,26,28)/b10-7+. The van der Waals surface area contributed by atoms with Crippen LogP contribution in [0.15, 0.2) is 34.8 Å². The van der Waals surface area contributed by atoms with Gasteiger partial charge in [0.05, 0.1) is 12.2 Å². The number of ketones is 1. The van der Waals surface area contributed by atoms with Crippen LogP contribution in [0.25, 0.3) is 6.08 Å². The van der Waals surface area contributed by atoms with Gasteiger partial charge in [-0.3, -0.25) is 14.9 Å². The van der Waals surface area contributed by atoms with Gasteiger partial charge in [0.25, 0.3) is 5.91 Å². The summed E-state index contributed by atoms with van der Waals surface area (Å²) in [6.07, 6.45) is -2.60. The fraction of sp³-hybridized carbons (Fsp3) is 0.273. The van der Waals surface area contributed by atoms with Crippen molar-refractivity contribution in [2.75, 3.05) is 18.5 Å². The van der Waals surface area contributed by atoms with E-state index in [0.717, 1.165) is 18.2 Å². The zero-order valence-electron chi connectivity index (χ0n) is 18.3. The number of anilines is 1. The van der Waals surface area contributed by atoms with Crippen LogP contribution in [0.2, 0.25) is 0 Å². The number of Topliss-reactive ketones (excluding diaryl/α,β-unsaturated/α-hetero) is 1. The number of esters is 2. The molecule has 9 nitrogen and oxygen atoms in total. The first-order valence-corrected chi connectivity index (χ1v) is 9.73.